The topological polar surface area (TPSA) is 61.9 Å². The van der Waals surface area contributed by atoms with Gasteiger partial charge >= 0.3 is 0 Å². The normalized spacial score (nSPS) is 17.2. The molecule has 0 spiro atoms. The van der Waals surface area contributed by atoms with Crippen LogP contribution in [-0.4, -0.2) is 49.5 Å². The average molecular weight is 436 g/mol. The highest BCUT2D eigenvalue weighted by molar-refractivity contribution is 5.92. The van der Waals surface area contributed by atoms with Crippen molar-refractivity contribution in [1.82, 2.24) is 4.90 Å². The van der Waals surface area contributed by atoms with Crippen molar-refractivity contribution in [2.75, 3.05) is 43.0 Å². The van der Waals surface area contributed by atoms with Crippen LogP contribution < -0.4 is 15.0 Å². The Bertz CT molecular complexity index is 897. The second-order valence-corrected chi connectivity index (χ2v) is 8.78. The molecular formula is C26H33N3O3. The highest BCUT2D eigenvalue weighted by atomic mass is 16.5. The molecule has 2 aromatic rings. The van der Waals surface area contributed by atoms with Gasteiger partial charge in [-0.2, -0.15) is 0 Å². The third-order valence-corrected chi connectivity index (χ3v) is 6.57. The van der Waals surface area contributed by atoms with Gasteiger partial charge in [0, 0.05) is 44.5 Å². The summed E-state index contributed by atoms with van der Waals surface area (Å²) in [5.41, 5.74) is 3.22. The maximum atomic E-state index is 12.3. The summed E-state index contributed by atoms with van der Waals surface area (Å²) >= 11 is 0. The van der Waals surface area contributed by atoms with E-state index in [-0.39, 0.29) is 18.4 Å². The van der Waals surface area contributed by atoms with E-state index in [1.165, 1.54) is 37.7 Å². The van der Waals surface area contributed by atoms with Crippen LogP contribution in [0.5, 0.6) is 5.75 Å². The first kappa shape index (κ1) is 22.2. The van der Waals surface area contributed by atoms with E-state index in [4.69, 9.17) is 4.74 Å². The monoisotopic (exact) mass is 435 g/mol. The van der Waals surface area contributed by atoms with Crippen LogP contribution in [0.15, 0.2) is 48.5 Å². The molecule has 0 bridgehead atoms. The maximum absolute atomic E-state index is 12.3. The molecule has 170 valence electrons. The molecule has 4 rings (SSSR count). The lowest BCUT2D eigenvalue weighted by Crippen LogP contribution is -2.48. The van der Waals surface area contributed by atoms with Crippen molar-refractivity contribution in [2.24, 2.45) is 0 Å². The maximum Gasteiger partial charge on any atom is 0.262 e. The molecule has 1 N–H and O–H groups in total. The summed E-state index contributed by atoms with van der Waals surface area (Å²) in [6.07, 6.45) is 6.54. The number of ether oxygens (including phenoxy) is 1. The van der Waals surface area contributed by atoms with Crippen molar-refractivity contribution in [3.05, 3.63) is 54.1 Å². The lowest BCUT2D eigenvalue weighted by atomic mass is 9.84. The van der Waals surface area contributed by atoms with Gasteiger partial charge in [-0.05, 0) is 60.7 Å². The van der Waals surface area contributed by atoms with Gasteiger partial charge in [0.05, 0.1) is 0 Å². The third-order valence-electron chi connectivity index (χ3n) is 6.57. The number of hydrogen-bond acceptors (Lipinski definition) is 4. The molecule has 2 aliphatic rings. The van der Waals surface area contributed by atoms with E-state index in [2.05, 4.69) is 22.3 Å². The summed E-state index contributed by atoms with van der Waals surface area (Å²) in [5, 5.41) is 2.89. The summed E-state index contributed by atoms with van der Waals surface area (Å²) < 4.78 is 5.68. The van der Waals surface area contributed by atoms with Crippen LogP contribution in [0.4, 0.5) is 11.4 Å². The lowest BCUT2D eigenvalue weighted by Gasteiger charge is -2.35. The molecule has 6 nitrogen and oxygen atoms in total. The lowest BCUT2D eigenvalue weighted by molar-refractivity contribution is -0.129. The van der Waals surface area contributed by atoms with Gasteiger partial charge in [0.1, 0.15) is 5.75 Å². The molecule has 2 aromatic carbocycles. The van der Waals surface area contributed by atoms with Crippen LogP contribution in [-0.2, 0) is 9.59 Å². The van der Waals surface area contributed by atoms with Crippen LogP contribution in [0, 0.1) is 0 Å². The van der Waals surface area contributed by atoms with E-state index in [1.54, 1.807) is 6.92 Å². The smallest absolute Gasteiger partial charge is 0.262 e. The number of carbonyl (C=O) groups excluding carboxylic acids is 2. The first-order valence-corrected chi connectivity index (χ1v) is 11.7. The summed E-state index contributed by atoms with van der Waals surface area (Å²) in [6.45, 7) is 4.72. The van der Waals surface area contributed by atoms with Crippen molar-refractivity contribution in [3.8, 4) is 5.75 Å². The number of nitrogens with one attached hydrogen (secondary N) is 1. The van der Waals surface area contributed by atoms with Crippen molar-refractivity contribution in [1.29, 1.82) is 0 Å². The van der Waals surface area contributed by atoms with E-state index in [9.17, 15) is 9.59 Å². The number of hydrogen-bond donors (Lipinski definition) is 1. The van der Waals surface area contributed by atoms with Gasteiger partial charge in [0.2, 0.25) is 5.91 Å². The Hall–Kier alpha value is -3.02. The van der Waals surface area contributed by atoms with Crippen LogP contribution in [0.1, 0.15) is 50.5 Å². The predicted octanol–water partition coefficient (Wildman–Crippen LogP) is 4.42. The predicted molar refractivity (Wildman–Crippen MR) is 127 cm³/mol. The van der Waals surface area contributed by atoms with Gasteiger partial charge < -0.3 is 19.9 Å². The first-order valence-electron chi connectivity index (χ1n) is 11.7. The second kappa shape index (κ2) is 10.5. The summed E-state index contributed by atoms with van der Waals surface area (Å²) in [6, 6.07) is 16.0. The Morgan fingerprint density at radius 3 is 2.19 bits per heavy atom. The van der Waals surface area contributed by atoms with E-state index < -0.39 is 0 Å². The minimum atomic E-state index is -0.177. The van der Waals surface area contributed by atoms with Gasteiger partial charge in [-0.3, -0.25) is 9.59 Å². The second-order valence-electron chi connectivity index (χ2n) is 8.78. The molecular weight excluding hydrogens is 402 g/mol. The molecule has 1 aliphatic heterocycles. The molecule has 0 aromatic heterocycles. The standard InChI is InChI=1S/C26H33N3O3/c1-20(30)28-15-17-29(18-16-28)24-11-9-23(10-12-24)27-26(31)19-32-25-13-7-22(8-14-25)21-5-3-2-4-6-21/h7-14,21H,2-6,15-19H2,1H3,(H,27,31). The van der Waals surface area contributed by atoms with E-state index in [0.717, 1.165) is 43.3 Å². The number of piperazine rings is 1. The summed E-state index contributed by atoms with van der Waals surface area (Å²) in [4.78, 5) is 27.9. The zero-order valence-electron chi connectivity index (χ0n) is 18.9. The molecule has 1 aliphatic carbocycles. The Balaban J connectivity index is 1.22. The first-order chi connectivity index (χ1) is 15.6. The quantitative estimate of drug-likeness (QED) is 0.730. The molecule has 1 saturated heterocycles. The molecule has 6 heteroatoms. The van der Waals surface area contributed by atoms with Crippen molar-refractivity contribution >= 4 is 23.2 Å². The molecule has 32 heavy (non-hydrogen) atoms. The van der Waals surface area contributed by atoms with Gasteiger partial charge in [-0.1, -0.05) is 31.4 Å². The fourth-order valence-electron chi connectivity index (χ4n) is 4.65. The Kier molecular flexibility index (Phi) is 7.30. The largest absolute Gasteiger partial charge is 0.484 e. The SMILES string of the molecule is CC(=O)N1CCN(c2ccc(NC(=O)COc3ccc(C4CCCCC4)cc3)cc2)CC1. The van der Waals surface area contributed by atoms with Crippen molar-refractivity contribution in [2.45, 2.75) is 44.9 Å². The van der Waals surface area contributed by atoms with Gasteiger partial charge in [-0.25, -0.2) is 0 Å². The van der Waals surface area contributed by atoms with Crippen LogP contribution in [0.3, 0.4) is 0 Å². The summed E-state index contributed by atoms with van der Waals surface area (Å²) in [5.74, 6) is 1.34. The highest BCUT2D eigenvalue weighted by Crippen LogP contribution is 2.33. The van der Waals surface area contributed by atoms with Crippen LogP contribution >= 0.6 is 0 Å². The van der Waals surface area contributed by atoms with E-state index in [0.29, 0.717) is 5.92 Å². The molecule has 2 amide bonds. The van der Waals surface area contributed by atoms with Gasteiger partial charge in [-0.15, -0.1) is 0 Å². The van der Waals surface area contributed by atoms with E-state index in [1.807, 2.05) is 41.3 Å². The average Bonchev–Trinajstić information content (AvgIpc) is 2.84. The molecule has 2 fully saturated rings. The zero-order chi connectivity index (χ0) is 22.3. The number of benzene rings is 2. The molecule has 0 radical (unpaired) electrons. The fourth-order valence-corrected chi connectivity index (χ4v) is 4.65. The van der Waals surface area contributed by atoms with Crippen molar-refractivity contribution in [3.63, 3.8) is 0 Å². The van der Waals surface area contributed by atoms with Crippen molar-refractivity contribution < 1.29 is 14.3 Å². The van der Waals surface area contributed by atoms with Crippen LogP contribution in [0.25, 0.3) is 0 Å². The van der Waals surface area contributed by atoms with E-state index >= 15 is 0 Å². The Labute approximate surface area is 190 Å². The van der Waals surface area contributed by atoms with Gasteiger partial charge in [0.15, 0.2) is 6.61 Å². The molecule has 0 unspecified atom stereocenters. The molecule has 1 saturated carbocycles. The number of carbonyl (C=O) groups is 2. The number of anilines is 2. The highest BCUT2D eigenvalue weighted by Gasteiger charge is 2.19. The number of rotatable bonds is 6. The molecule has 0 atom stereocenters. The molecule has 1 heterocycles. The number of amides is 2. The third kappa shape index (κ3) is 5.81. The number of nitrogens with zero attached hydrogens (tertiary/aromatic N) is 2. The van der Waals surface area contributed by atoms with Crippen LogP contribution in [0.2, 0.25) is 0 Å². The summed E-state index contributed by atoms with van der Waals surface area (Å²) in [7, 11) is 0. The minimum Gasteiger partial charge on any atom is -0.484 e. The zero-order valence-corrected chi connectivity index (χ0v) is 18.9. The minimum absolute atomic E-state index is 0.0163. The Morgan fingerprint density at radius 1 is 0.906 bits per heavy atom. The fraction of sp³-hybridized carbons (Fsp3) is 0.462. The Morgan fingerprint density at radius 2 is 1.56 bits per heavy atom. The van der Waals surface area contributed by atoms with Gasteiger partial charge in [0.25, 0.3) is 5.91 Å².